The largest absolute Gasteiger partial charge is 0.497 e. The van der Waals surface area contributed by atoms with Gasteiger partial charge in [0.15, 0.2) is 0 Å². The van der Waals surface area contributed by atoms with E-state index in [4.69, 9.17) is 13.9 Å². The second-order valence-corrected chi connectivity index (χ2v) is 8.66. The first-order valence-corrected chi connectivity index (χ1v) is 10.7. The Balaban J connectivity index is 1.49. The van der Waals surface area contributed by atoms with Gasteiger partial charge in [-0.05, 0) is 49.2 Å². The van der Waals surface area contributed by atoms with E-state index in [1.54, 1.807) is 18.2 Å². The van der Waals surface area contributed by atoms with Crippen LogP contribution in [0.4, 0.5) is 0 Å². The number of hydrogen-bond acceptors (Lipinski definition) is 7. The van der Waals surface area contributed by atoms with E-state index in [9.17, 15) is 18.0 Å². The van der Waals surface area contributed by atoms with Crippen LogP contribution in [0.2, 0.25) is 0 Å². The number of carbonyl (C=O) groups is 1. The minimum Gasteiger partial charge on any atom is -0.497 e. The van der Waals surface area contributed by atoms with Crippen LogP contribution in [0.3, 0.4) is 0 Å². The number of hydrogen-bond donors (Lipinski definition) is 1. The van der Waals surface area contributed by atoms with Gasteiger partial charge in [-0.2, -0.15) is 0 Å². The maximum absolute atomic E-state index is 12.4. The number of nitrogens with one attached hydrogen (secondary N) is 1. The fourth-order valence-electron chi connectivity index (χ4n) is 2.94. The smallest absolute Gasteiger partial charge is 0.338 e. The zero-order chi connectivity index (χ0) is 21.3. The number of rotatable bonds is 7. The summed E-state index contributed by atoms with van der Waals surface area (Å²) in [5.41, 5.74) is 0.449. The molecule has 0 unspecified atom stereocenters. The molecule has 2 aromatic carbocycles. The average molecular weight is 429 g/mol. The van der Waals surface area contributed by atoms with E-state index in [-0.39, 0.29) is 23.1 Å². The van der Waals surface area contributed by atoms with Gasteiger partial charge >= 0.3 is 11.6 Å². The van der Waals surface area contributed by atoms with Crippen molar-refractivity contribution in [2.45, 2.75) is 30.4 Å². The molecule has 4 rings (SSSR count). The third kappa shape index (κ3) is 4.37. The van der Waals surface area contributed by atoms with Crippen molar-refractivity contribution in [1.29, 1.82) is 0 Å². The summed E-state index contributed by atoms with van der Waals surface area (Å²) >= 11 is 0. The highest BCUT2D eigenvalue weighted by Gasteiger charge is 2.28. The maximum Gasteiger partial charge on any atom is 0.338 e. The molecule has 156 valence electrons. The third-order valence-electron chi connectivity index (χ3n) is 4.70. The molecule has 1 heterocycles. The summed E-state index contributed by atoms with van der Waals surface area (Å²) in [4.78, 5) is 24.3. The molecule has 3 aromatic rings. The number of esters is 1. The van der Waals surface area contributed by atoms with Crippen molar-refractivity contribution < 1.29 is 27.1 Å². The molecule has 8 nitrogen and oxygen atoms in total. The summed E-state index contributed by atoms with van der Waals surface area (Å²) in [5.74, 6) is -0.102. The molecule has 0 radical (unpaired) electrons. The first kappa shape index (κ1) is 20.1. The van der Waals surface area contributed by atoms with Crippen molar-refractivity contribution in [2.24, 2.45) is 0 Å². The predicted molar refractivity (Wildman–Crippen MR) is 108 cm³/mol. The molecule has 0 amide bonds. The Bertz CT molecular complexity index is 1260. The van der Waals surface area contributed by atoms with Crippen LogP contribution < -0.4 is 15.1 Å². The normalized spacial score (nSPS) is 13.9. The molecule has 9 heteroatoms. The van der Waals surface area contributed by atoms with Crippen molar-refractivity contribution in [2.75, 3.05) is 7.11 Å². The quantitative estimate of drug-likeness (QED) is 0.454. The molecular weight excluding hydrogens is 410 g/mol. The van der Waals surface area contributed by atoms with Gasteiger partial charge in [-0.1, -0.05) is 0 Å². The summed E-state index contributed by atoms with van der Waals surface area (Å²) < 4.78 is 42.6. The lowest BCUT2D eigenvalue weighted by molar-refractivity contribution is 0.0473. The standard InChI is InChI=1S/C21H19NO7S/c1-27-16-6-9-18-14(10-20(23)29-19(18)11-16)12-28-21(24)13-2-7-17(8-3-13)30(25,26)22-15-4-5-15/h2-3,6-11,15,22H,4-5,12H2,1H3. The fourth-order valence-corrected chi connectivity index (χ4v) is 4.25. The molecule has 0 saturated heterocycles. The maximum atomic E-state index is 12.4. The topological polar surface area (TPSA) is 112 Å². The summed E-state index contributed by atoms with van der Waals surface area (Å²) in [7, 11) is -2.08. The molecular formula is C21H19NO7S. The van der Waals surface area contributed by atoms with E-state index in [2.05, 4.69) is 4.72 Å². The number of benzene rings is 2. The minimum absolute atomic E-state index is 0.00190. The SMILES string of the molecule is COc1ccc2c(COC(=O)c3ccc(S(=O)(=O)NC4CC4)cc3)cc(=O)oc2c1. The second kappa shape index (κ2) is 7.92. The molecule has 1 aliphatic carbocycles. The highest BCUT2D eigenvalue weighted by atomic mass is 32.2. The van der Waals surface area contributed by atoms with Crippen LogP contribution in [-0.2, 0) is 21.4 Å². The van der Waals surface area contributed by atoms with E-state index in [1.807, 2.05) is 0 Å². The average Bonchev–Trinajstić information content (AvgIpc) is 3.54. The summed E-state index contributed by atoms with van der Waals surface area (Å²) in [6.45, 7) is -0.142. The molecule has 1 aliphatic rings. The van der Waals surface area contributed by atoms with Gasteiger partial charge in [-0.15, -0.1) is 0 Å². The Morgan fingerprint density at radius 2 is 1.87 bits per heavy atom. The molecule has 30 heavy (non-hydrogen) atoms. The summed E-state index contributed by atoms with van der Waals surface area (Å²) in [6.07, 6.45) is 1.67. The lowest BCUT2D eigenvalue weighted by Crippen LogP contribution is -2.25. The van der Waals surface area contributed by atoms with E-state index < -0.39 is 21.6 Å². The Labute approximate surface area is 172 Å². The molecule has 1 fully saturated rings. The summed E-state index contributed by atoms with van der Waals surface area (Å²) in [6, 6.07) is 11.8. The zero-order valence-corrected chi connectivity index (χ0v) is 16.9. The van der Waals surface area contributed by atoms with Crippen LogP contribution >= 0.6 is 0 Å². The minimum atomic E-state index is -3.59. The van der Waals surface area contributed by atoms with Gasteiger partial charge in [0.2, 0.25) is 10.0 Å². The van der Waals surface area contributed by atoms with Crippen molar-refractivity contribution in [1.82, 2.24) is 4.72 Å². The van der Waals surface area contributed by atoms with Crippen LogP contribution in [0, 0.1) is 0 Å². The van der Waals surface area contributed by atoms with Crippen LogP contribution in [0.25, 0.3) is 11.0 Å². The highest BCUT2D eigenvalue weighted by molar-refractivity contribution is 7.89. The van der Waals surface area contributed by atoms with E-state index >= 15 is 0 Å². The van der Waals surface area contributed by atoms with Gasteiger partial charge in [0.1, 0.15) is 17.9 Å². The number of sulfonamides is 1. The van der Waals surface area contributed by atoms with Gasteiger partial charge in [0.25, 0.3) is 0 Å². The fraction of sp³-hybridized carbons (Fsp3) is 0.238. The Morgan fingerprint density at radius 3 is 2.53 bits per heavy atom. The molecule has 0 aliphatic heterocycles. The molecule has 1 N–H and O–H groups in total. The lowest BCUT2D eigenvalue weighted by Gasteiger charge is -2.09. The van der Waals surface area contributed by atoms with Crippen LogP contribution in [0.5, 0.6) is 5.75 Å². The van der Waals surface area contributed by atoms with Gasteiger partial charge < -0.3 is 13.9 Å². The van der Waals surface area contributed by atoms with Crippen molar-refractivity contribution in [3.8, 4) is 5.75 Å². The van der Waals surface area contributed by atoms with Gasteiger partial charge in [0.05, 0.1) is 17.6 Å². The number of carbonyl (C=O) groups excluding carboxylic acids is 1. The van der Waals surface area contributed by atoms with Crippen LogP contribution in [0.1, 0.15) is 28.8 Å². The molecule has 0 atom stereocenters. The predicted octanol–water partition coefficient (Wildman–Crippen LogP) is 2.60. The monoisotopic (exact) mass is 429 g/mol. The molecule has 0 bridgehead atoms. The highest BCUT2D eigenvalue weighted by Crippen LogP contribution is 2.24. The second-order valence-electron chi connectivity index (χ2n) is 6.95. The summed E-state index contributed by atoms with van der Waals surface area (Å²) in [5, 5.41) is 0.621. The lowest BCUT2D eigenvalue weighted by atomic mass is 10.1. The molecule has 1 aromatic heterocycles. The van der Waals surface area contributed by atoms with Crippen molar-refractivity contribution >= 4 is 27.0 Å². The van der Waals surface area contributed by atoms with Crippen molar-refractivity contribution in [3.05, 3.63) is 70.1 Å². The number of fused-ring (bicyclic) bond motifs is 1. The van der Waals surface area contributed by atoms with Gasteiger partial charge in [-0.25, -0.2) is 22.7 Å². The Kier molecular flexibility index (Phi) is 5.31. The molecule has 0 spiro atoms. The van der Waals surface area contributed by atoms with Crippen LogP contribution in [0.15, 0.2) is 62.6 Å². The molecule has 1 saturated carbocycles. The first-order chi connectivity index (χ1) is 14.4. The van der Waals surface area contributed by atoms with Crippen molar-refractivity contribution in [3.63, 3.8) is 0 Å². The van der Waals surface area contributed by atoms with Gasteiger partial charge in [0, 0.05) is 29.1 Å². The Hall–Kier alpha value is -3.17. The Morgan fingerprint density at radius 1 is 1.13 bits per heavy atom. The zero-order valence-electron chi connectivity index (χ0n) is 16.1. The third-order valence-corrected chi connectivity index (χ3v) is 6.23. The number of ether oxygens (including phenoxy) is 2. The van der Waals surface area contributed by atoms with Gasteiger partial charge in [-0.3, -0.25) is 0 Å². The number of methoxy groups -OCH3 is 1. The first-order valence-electron chi connectivity index (χ1n) is 9.26. The van der Waals surface area contributed by atoms with E-state index in [1.165, 1.54) is 37.4 Å². The van der Waals surface area contributed by atoms with Crippen LogP contribution in [-0.4, -0.2) is 27.5 Å². The van der Waals surface area contributed by atoms with E-state index in [0.29, 0.717) is 22.3 Å². The van der Waals surface area contributed by atoms with E-state index in [0.717, 1.165) is 12.8 Å².